The van der Waals surface area contributed by atoms with Crippen LogP contribution in [0, 0.1) is 0 Å². The molecule has 11 aromatic carbocycles. The summed E-state index contributed by atoms with van der Waals surface area (Å²) in [4.78, 5) is 0. The highest BCUT2D eigenvalue weighted by molar-refractivity contribution is 7.06. The minimum Gasteiger partial charge on any atom is -0.0672 e. The number of benzene rings is 11. The van der Waals surface area contributed by atoms with E-state index in [-0.39, 0.29) is 0 Å². The minimum absolute atomic E-state index is 1.21. The van der Waals surface area contributed by atoms with Gasteiger partial charge in [0.2, 0.25) is 0 Å². The molecule has 0 radical (unpaired) electrons. The summed E-state index contributed by atoms with van der Waals surface area (Å²) < 4.78 is 0. The predicted molar refractivity (Wildman–Crippen MR) is 251 cm³/mol. The molecule has 0 nitrogen and oxygen atoms in total. The zero-order valence-corrected chi connectivity index (χ0v) is 33.2. The predicted octanol–water partition coefficient (Wildman–Crippen LogP) is 14.7. The molecule has 0 aromatic heterocycles. The maximum atomic E-state index is 2.64. The van der Waals surface area contributed by atoms with Gasteiger partial charge in [-0.2, -0.15) is 0 Å². The lowest BCUT2D eigenvalue weighted by atomic mass is 9.90. The van der Waals surface area contributed by atoms with Crippen LogP contribution in [0.15, 0.2) is 182 Å². The van der Waals surface area contributed by atoms with Gasteiger partial charge in [-0.15, -0.1) is 0 Å². The lowest BCUT2D eigenvalue weighted by molar-refractivity contribution is 1.30. The van der Waals surface area contributed by atoms with Crippen molar-refractivity contribution in [3.05, 3.63) is 182 Å². The van der Waals surface area contributed by atoms with Gasteiger partial charge in [-0.1, -0.05) is 178 Å². The molecule has 1 aliphatic rings. The molecular weight excluding hydrogens is 701 g/mol. The molecule has 0 spiro atoms. The fraction of sp³-hybridized carbons (Fsp3) is 0.0714. The highest BCUT2D eigenvalue weighted by Gasteiger charge is 2.44. The normalized spacial score (nSPS) is 13.4. The third-order valence-corrected chi connectivity index (χ3v) is 19.0. The van der Waals surface area contributed by atoms with Crippen LogP contribution in [-0.4, -0.2) is 8.07 Å². The Balaban J connectivity index is 0.995. The monoisotopic (exact) mass is 740 g/mol. The van der Waals surface area contributed by atoms with Crippen LogP contribution in [0.1, 0.15) is 13.8 Å². The zero-order chi connectivity index (χ0) is 37.8. The first-order valence-corrected chi connectivity index (χ1v) is 22.9. The highest BCUT2D eigenvalue weighted by atomic mass is 28.3. The van der Waals surface area contributed by atoms with Crippen molar-refractivity contribution in [1.82, 2.24) is 0 Å². The largest absolute Gasteiger partial charge is 0.120 e. The second-order valence-electron chi connectivity index (χ2n) is 16.2. The van der Waals surface area contributed by atoms with Gasteiger partial charge in [0.1, 0.15) is 8.07 Å². The summed E-state index contributed by atoms with van der Waals surface area (Å²) in [5, 5.41) is 21.9. The van der Waals surface area contributed by atoms with Crippen molar-refractivity contribution in [2.24, 2.45) is 0 Å². The summed E-state index contributed by atoms with van der Waals surface area (Å²) in [6.45, 7) is 4.89. The Hall–Kier alpha value is -6.54. The van der Waals surface area contributed by atoms with Crippen LogP contribution in [0.3, 0.4) is 0 Å². The molecule has 1 heteroatoms. The van der Waals surface area contributed by atoms with E-state index < -0.39 is 8.07 Å². The second kappa shape index (κ2) is 12.2. The molecule has 268 valence electrons. The van der Waals surface area contributed by atoms with Crippen LogP contribution in [0.2, 0.25) is 12.1 Å². The van der Waals surface area contributed by atoms with E-state index >= 15 is 0 Å². The molecule has 0 atom stereocenters. The summed E-state index contributed by atoms with van der Waals surface area (Å²) in [5.74, 6) is 0. The smallest absolute Gasteiger partial charge is 0.0672 e. The van der Waals surface area contributed by atoms with E-state index in [1.165, 1.54) is 121 Å². The van der Waals surface area contributed by atoms with Crippen molar-refractivity contribution in [2.75, 3.05) is 0 Å². The standard InChI is InChI=1S/C56H40Si/c1-3-57(4-2)55-34-53-48-27-26-43(32-51(48)46-15-9-10-16-47(46)52(53)33-54(55)49-28-25-36-12-6-8-14-45(36)56(49)57)41-24-22-38-29-40(23-21-39(38)30-41)42-20-19-37-18-17-35-11-5-7-13-44(35)50(37)31-42/h5-34H,3-4H2,1-2H3. The molecule has 0 fully saturated rings. The van der Waals surface area contributed by atoms with E-state index in [1.54, 1.807) is 10.4 Å². The van der Waals surface area contributed by atoms with Crippen molar-refractivity contribution in [3.8, 4) is 33.4 Å². The van der Waals surface area contributed by atoms with Gasteiger partial charge in [-0.3, -0.25) is 0 Å². The summed E-state index contributed by atoms with van der Waals surface area (Å²) in [6, 6.07) is 71.7. The molecule has 0 saturated carbocycles. The maximum Gasteiger partial charge on any atom is 0.120 e. The maximum absolute atomic E-state index is 2.64. The Labute approximate surface area is 333 Å². The second-order valence-corrected chi connectivity index (χ2v) is 20.9. The van der Waals surface area contributed by atoms with Gasteiger partial charge in [0.15, 0.2) is 0 Å². The molecular formula is C56H40Si. The molecule has 0 unspecified atom stereocenters. The lowest BCUT2D eigenvalue weighted by Crippen LogP contribution is -2.54. The van der Waals surface area contributed by atoms with Gasteiger partial charge in [0.05, 0.1) is 0 Å². The number of hydrogen-bond donors (Lipinski definition) is 0. The Kier molecular flexibility index (Phi) is 7.01. The Morgan fingerprint density at radius 2 is 0.737 bits per heavy atom. The van der Waals surface area contributed by atoms with E-state index in [9.17, 15) is 0 Å². The molecule has 1 heterocycles. The molecule has 0 bridgehead atoms. The van der Waals surface area contributed by atoms with Crippen LogP contribution < -0.4 is 10.4 Å². The summed E-state index contributed by atoms with van der Waals surface area (Å²) in [5.41, 5.74) is 7.93. The number of fused-ring (bicyclic) bond motifs is 15. The number of hydrogen-bond acceptors (Lipinski definition) is 0. The van der Waals surface area contributed by atoms with Crippen LogP contribution in [0.5, 0.6) is 0 Å². The molecule has 1 aliphatic heterocycles. The number of rotatable bonds is 4. The molecule has 57 heavy (non-hydrogen) atoms. The molecule has 0 saturated heterocycles. The van der Waals surface area contributed by atoms with Gasteiger partial charge >= 0.3 is 0 Å². The highest BCUT2D eigenvalue weighted by Crippen LogP contribution is 2.43. The average Bonchev–Trinajstić information content (AvgIpc) is 3.57. The minimum atomic E-state index is -2.00. The summed E-state index contributed by atoms with van der Waals surface area (Å²) in [6.07, 6.45) is 0. The van der Waals surface area contributed by atoms with E-state index in [0.717, 1.165) is 0 Å². The molecule has 11 aromatic rings. The zero-order valence-electron chi connectivity index (χ0n) is 32.2. The van der Waals surface area contributed by atoms with E-state index in [1.807, 2.05) is 0 Å². The Morgan fingerprint density at radius 1 is 0.298 bits per heavy atom. The molecule has 0 aliphatic carbocycles. The first kappa shape index (κ1) is 32.7. The quantitative estimate of drug-likeness (QED) is 0.124. The van der Waals surface area contributed by atoms with Gasteiger partial charge < -0.3 is 0 Å². The molecule has 12 rings (SSSR count). The van der Waals surface area contributed by atoms with E-state index in [0.29, 0.717) is 0 Å². The first-order valence-electron chi connectivity index (χ1n) is 20.5. The third kappa shape index (κ3) is 4.67. The molecule has 0 N–H and O–H groups in total. The first-order chi connectivity index (χ1) is 28.1. The van der Waals surface area contributed by atoms with Crippen molar-refractivity contribution in [1.29, 1.82) is 0 Å². The SMILES string of the molecule is CC[Si]1(CC)c2cc3c4ccc(-c5ccc6cc(-c7ccc8ccc9ccccc9c8c7)ccc6c5)cc4c4ccccc4c3cc2-c2ccc3ccccc3c21. The van der Waals surface area contributed by atoms with Crippen molar-refractivity contribution in [2.45, 2.75) is 25.9 Å². The fourth-order valence-corrected chi connectivity index (χ4v) is 15.6. The fourth-order valence-electron chi connectivity index (χ4n) is 10.7. The third-order valence-electron chi connectivity index (χ3n) is 13.6. The van der Waals surface area contributed by atoms with Gasteiger partial charge in [-0.25, -0.2) is 0 Å². The summed E-state index contributed by atoms with van der Waals surface area (Å²) in [7, 11) is -2.00. The van der Waals surface area contributed by atoms with Crippen LogP contribution in [0.25, 0.3) is 109 Å². The Morgan fingerprint density at radius 3 is 1.40 bits per heavy atom. The van der Waals surface area contributed by atoms with Crippen molar-refractivity contribution >= 4 is 93.9 Å². The van der Waals surface area contributed by atoms with Gasteiger partial charge in [-0.05, 0) is 149 Å². The Bertz CT molecular complexity index is 3490. The van der Waals surface area contributed by atoms with Crippen LogP contribution >= 0.6 is 0 Å². The topological polar surface area (TPSA) is 0 Å². The summed E-state index contributed by atoms with van der Waals surface area (Å²) >= 11 is 0. The average molecular weight is 741 g/mol. The van der Waals surface area contributed by atoms with Crippen molar-refractivity contribution in [3.63, 3.8) is 0 Å². The van der Waals surface area contributed by atoms with Crippen molar-refractivity contribution < 1.29 is 0 Å². The molecule has 0 amide bonds. The van der Waals surface area contributed by atoms with Gasteiger partial charge in [0, 0.05) is 0 Å². The van der Waals surface area contributed by atoms with Crippen LogP contribution in [-0.2, 0) is 0 Å². The van der Waals surface area contributed by atoms with Crippen LogP contribution in [0.4, 0.5) is 0 Å². The lowest BCUT2D eigenvalue weighted by Gasteiger charge is -2.28. The van der Waals surface area contributed by atoms with E-state index in [2.05, 4.69) is 196 Å². The van der Waals surface area contributed by atoms with E-state index in [4.69, 9.17) is 0 Å². The van der Waals surface area contributed by atoms with Gasteiger partial charge in [0.25, 0.3) is 0 Å².